The van der Waals surface area contributed by atoms with E-state index in [2.05, 4.69) is 19.3 Å². The molecule has 56 valence electrons. The highest BCUT2D eigenvalue weighted by molar-refractivity contribution is 4.56. The van der Waals surface area contributed by atoms with E-state index in [1.807, 2.05) is 0 Å². The first-order chi connectivity index (χ1) is 4.35. The lowest BCUT2D eigenvalue weighted by molar-refractivity contribution is 0.0567. The maximum atomic E-state index is 4.80. The molecule has 0 bridgehead atoms. The van der Waals surface area contributed by atoms with E-state index in [0.717, 1.165) is 6.42 Å². The van der Waals surface area contributed by atoms with Crippen LogP contribution in [0.1, 0.15) is 33.1 Å². The minimum Gasteiger partial charge on any atom is -0.305 e. The Morgan fingerprint density at radius 1 is 1.44 bits per heavy atom. The van der Waals surface area contributed by atoms with Gasteiger partial charge in [0, 0.05) is 6.04 Å². The third-order valence-electron chi connectivity index (χ3n) is 1.41. The zero-order valence-electron chi connectivity index (χ0n) is 6.61. The molecule has 0 aromatic rings. The SMILES string of the molecule is CCCC(CC)NOC. The third-order valence-corrected chi connectivity index (χ3v) is 1.41. The van der Waals surface area contributed by atoms with Gasteiger partial charge in [0.05, 0.1) is 7.11 Å². The predicted octanol–water partition coefficient (Wildman–Crippen LogP) is 1.72. The summed E-state index contributed by atoms with van der Waals surface area (Å²) in [6, 6.07) is 0.542. The van der Waals surface area contributed by atoms with Gasteiger partial charge in [-0.25, -0.2) is 0 Å². The molecule has 0 spiro atoms. The second-order valence-corrected chi connectivity index (χ2v) is 2.22. The molecule has 2 nitrogen and oxygen atoms in total. The molecule has 0 aliphatic carbocycles. The van der Waals surface area contributed by atoms with E-state index in [0.29, 0.717) is 6.04 Å². The van der Waals surface area contributed by atoms with Crippen LogP contribution in [0.15, 0.2) is 0 Å². The van der Waals surface area contributed by atoms with E-state index in [9.17, 15) is 0 Å². The summed E-state index contributed by atoms with van der Waals surface area (Å²) in [6.07, 6.45) is 3.56. The smallest absolute Gasteiger partial charge is 0.0572 e. The zero-order valence-corrected chi connectivity index (χ0v) is 6.61. The van der Waals surface area contributed by atoms with Crippen LogP contribution < -0.4 is 5.48 Å². The molecule has 0 heterocycles. The first-order valence-electron chi connectivity index (χ1n) is 3.63. The number of hydrogen-bond acceptors (Lipinski definition) is 2. The highest BCUT2D eigenvalue weighted by Gasteiger charge is 2.00. The van der Waals surface area contributed by atoms with Crippen molar-refractivity contribution < 1.29 is 4.84 Å². The minimum atomic E-state index is 0.542. The molecule has 0 amide bonds. The molecular weight excluding hydrogens is 114 g/mol. The minimum absolute atomic E-state index is 0.542. The van der Waals surface area contributed by atoms with Gasteiger partial charge < -0.3 is 4.84 Å². The van der Waals surface area contributed by atoms with Crippen molar-refractivity contribution in [2.75, 3.05) is 7.11 Å². The van der Waals surface area contributed by atoms with Crippen LogP contribution in [0.3, 0.4) is 0 Å². The molecule has 0 aromatic heterocycles. The topological polar surface area (TPSA) is 21.3 Å². The second-order valence-electron chi connectivity index (χ2n) is 2.22. The molecule has 2 heteroatoms. The van der Waals surface area contributed by atoms with Gasteiger partial charge in [-0.2, -0.15) is 5.48 Å². The Morgan fingerprint density at radius 2 is 2.11 bits per heavy atom. The van der Waals surface area contributed by atoms with Crippen LogP contribution in [0.4, 0.5) is 0 Å². The van der Waals surface area contributed by atoms with Gasteiger partial charge in [-0.15, -0.1) is 0 Å². The van der Waals surface area contributed by atoms with Gasteiger partial charge in [-0.1, -0.05) is 20.3 Å². The number of hydroxylamine groups is 1. The van der Waals surface area contributed by atoms with Crippen molar-refractivity contribution in [3.8, 4) is 0 Å². The van der Waals surface area contributed by atoms with E-state index in [-0.39, 0.29) is 0 Å². The lowest BCUT2D eigenvalue weighted by Crippen LogP contribution is -2.26. The van der Waals surface area contributed by atoms with E-state index >= 15 is 0 Å². The molecule has 0 saturated carbocycles. The summed E-state index contributed by atoms with van der Waals surface area (Å²) < 4.78 is 0. The number of nitrogens with one attached hydrogen (secondary N) is 1. The lowest BCUT2D eigenvalue weighted by Gasteiger charge is -2.12. The second kappa shape index (κ2) is 6.05. The maximum Gasteiger partial charge on any atom is 0.0572 e. The van der Waals surface area contributed by atoms with Gasteiger partial charge in [0.1, 0.15) is 0 Å². The molecule has 0 radical (unpaired) electrons. The molecule has 0 aliphatic heterocycles. The van der Waals surface area contributed by atoms with Gasteiger partial charge in [-0.3, -0.25) is 0 Å². The maximum absolute atomic E-state index is 4.80. The number of hydrogen-bond donors (Lipinski definition) is 1. The molecule has 0 rings (SSSR count). The summed E-state index contributed by atoms with van der Waals surface area (Å²) >= 11 is 0. The fourth-order valence-electron chi connectivity index (χ4n) is 0.862. The highest BCUT2D eigenvalue weighted by atomic mass is 16.6. The quantitative estimate of drug-likeness (QED) is 0.573. The summed E-state index contributed by atoms with van der Waals surface area (Å²) in [5.41, 5.74) is 2.93. The zero-order chi connectivity index (χ0) is 7.11. The Labute approximate surface area is 57.5 Å². The van der Waals surface area contributed by atoms with Crippen LogP contribution in [0, 0.1) is 0 Å². The van der Waals surface area contributed by atoms with Crippen LogP contribution in [-0.2, 0) is 4.84 Å². The van der Waals surface area contributed by atoms with Crippen molar-refractivity contribution in [1.82, 2.24) is 5.48 Å². The van der Waals surface area contributed by atoms with Crippen LogP contribution >= 0.6 is 0 Å². The molecule has 0 aliphatic rings. The lowest BCUT2D eigenvalue weighted by atomic mass is 10.1. The van der Waals surface area contributed by atoms with Gasteiger partial charge in [-0.05, 0) is 12.8 Å². The molecule has 1 atom stereocenters. The molecule has 1 unspecified atom stereocenters. The third kappa shape index (κ3) is 4.43. The van der Waals surface area contributed by atoms with E-state index in [4.69, 9.17) is 4.84 Å². The highest BCUT2D eigenvalue weighted by Crippen LogP contribution is 1.99. The van der Waals surface area contributed by atoms with Gasteiger partial charge in [0.2, 0.25) is 0 Å². The Morgan fingerprint density at radius 3 is 2.44 bits per heavy atom. The standard InChI is InChI=1S/C7H17NO/c1-4-6-7(5-2)8-9-3/h7-8H,4-6H2,1-3H3. The van der Waals surface area contributed by atoms with Crippen molar-refractivity contribution in [2.24, 2.45) is 0 Å². The predicted molar refractivity (Wildman–Crippen MR) is 39.1 cm³/mol. The van der Waals surface area contributed by atoms with Gasteiger partial charge in [0.25, 0.3) is 0 Å². The first kappa shape index (κ1) is 8.92. The summed E-state index contributed by atoms with van der Waals surface area (Å²) in [5.74, 6) is 0. The van der Waals surface area contributed by atoms with Crippen LogP contribution in [-0.4, -0.2) is 13.2 Å². The summed E-state index contributed by atoms with van der Waals surface area (Å²) in [6.45, 7) is 4.34. The van der Waals surface area contributed by atoms with Crippen molar-refractivity contribution in [3.05, 3.63) is 0 Å². The van der Waals surface area contributed by atoms with E-state index in [1.54, 1.807) is 7.11 Å². The average molecular weight is 131 g/mol. The van der Waals surface area contributed by atoms with Crippen LogP contribution in [0.25, 0.3) is 0 Å². The Hall–Kier alpha value is -0.0800. The fraction of sp³-hybridized carbons (Fsp3) is 1.00. The van der Waals surface area contributed by atoms with Gasteiger partial charge in [0.15, 0.2) is 0 Å². The molecule has 0 aromatic carbocycles. The summed E-state index contributed by atoms with van der Waals surface area (Å²) in [4.78, 5) is 4.80. The van der Waals surface area contributed by atoms with Crippen molar-refractivity contribution in [2.45, 2.75) is 39.2 Å². The van der Waals surface area contributed by atoms with Crippen molar-refractivity contribution >= 4 is 0 Å². The normalized spacial score (nSPS) is 13.7. The van der Waals surface area contributed by atoms with Crippen molar-refractivity contribution in [3.63, 3.8) is 0 Å². The molecular formula is C7H17NO. The molecule has 0 saturated heterocycles. The summed E-state index contributed by atoms with van der Waals surface area (Å²) in [7, 11) is 1.66. The average Bonchev–Trinajstić information content (AvgIpc) is 1.88. The summed E-state index contributed by atoms with van der Waals surface area (Å²) in [5, 5.41) is 0. The molecule has 0 fully saturated rings. The Balaban J connectivity index is 3.18. The monoisotopic (exact) mass is 131 g/mol. The first-order valence-corrected chi connectivity index (χ1v) is 3.63. The molecule has 9 heavy (non-hydrogen) atoms. The molecule has 1 N–H and O–H groups in total. The van der Waals surface area contributed by atoms with Crippen molar-refractivity contribution in [1.29, 1.82) is 0 Å². The van der Waals surface area contributed by atoms with E-state index < -0.39 is 0 Å². The Kier molecular flexibility index (Phi) is 5.99. The largest absolute Gasteiger partial charge is 0.305 e. The fourth-order valence-corrected chi connectivity index (χ4v) is 0.862. The van der Waals surface area contributed by atoms with Crippen LogP contribution in [0.2, 0.25) is 0 Å². The Bertz CT molecular complexity index is 50.9. The van der Waals surface area contributed by atoms with Gasteiger partial charge >= 0.3 is 0 Å². The number of rotatable bonds is 5. The van der Waals surface area contributed by atoms with E-state index in [1.165, 1.54) is 12.8 Å². The van der Waals surface area contributed by atoms with Crippen LogP contribution in [0.5, 0.6) is 0 Å².